The first kappa shape index (κ1) is 24.3. The molecule has 1 aliphatic heterocycles. The lowest BCUT2D eigenvalue weighted by atomic mass is 10.0. The molecule has 3 atom stereocenters. The van der Waals surface area contributed by atoms with Crippen molar-refractivity contribution in [2.75, 3.05) is 18.4 Å². The fraction of sp³-hybridized carbons (Fsp3) is 0.480. The molecular formula is C25H31FN10O2. The molecule has 38 heavy (non-hydrogen) atoms. The lowest BCUT2D eigenvalue weighted by molar-refractivity contribution is 0.0555. The molecule has 1 amide bonds. The van der Waals surface area contributed by atoms with Crippen molar-refractivity contribution in [1.29, 1.82) is 0 Å². The number of aromatic amines is 1. The van der Waals surface area contributed by atoms with Crippen molar-refractivity contribution < 1.29 is 13.9 Å². The number of aromatic nitrogens is 7. The second kappa shape index (κ2) is 10.0. The molecule has 1 aliphatic carbocycles. The number of nitrogens with one attached hydrogen (secondary N) is 3. The van der Waals surface area contributed by atoms with Crippen molar-refractivity contribution in [1.82, 2.24) is 44.6 Å². The minimum absolute atomic E-state index is 0.0700. The second-order valence-electron chi connectivity index (χ2n) is 10.3. The fourth-order valence-electron chi connectivity index (χ4n) is 5.19. The molecule has 0 bridgehead atoms. The Kier molecular flexibility index (Phi) is 6.44. The number of halogens is 1. The number of hydrogen-bond acceptors (Lipinski definition) is 8. The molecule has 4 aromatic rings. The third-order valence-electron chi connectivity index (χ3n) is 7.06. The number of alkyl halides is 1. The summed E-state index contributed by atoms with van der Waals surface area (Å²) in [5.74, 6) is 0.655. The highest BCUT2D eigenvalue weighted by atomic mass is 19.1. The van der Waals surface area contributed by atoms with Gasteiger partial charge in [-0.3, -0.25) is 19.1 Å². The highest BCUT2D eigenvalue weighted by Gasteiger charge is 2.41. The predicted molar refractivity (Wildman–Crippen MR) is 137 cm³/mol. The zero-order valence-electron chi connectivity index (χ0n) is 21.3. The van der Waals surface area contributed by atoms with Gasteiger partial charge in [0, 0.05) is 68.1 Å². The number of anilines is 2. The Balaban J connectivity index is 1.09. The molecule has 0 unspecified atom stereocenters. The van der Waals surface area contributed by atoms with Crippen LogP contribution < -0.4 is 10.6 Å². The zero-order valence-corrected chi connectivity index (χ0v) is 21.3. The smallest absolute Gasteiger partial charge is 0.407 e. The maximum atomic E-state index is 15.1. The number of carbonyl (C=O) groups is 1. The third-order valence-corrected chi connectivity index (χ3v) is 7.06. The van der Waals surface area contributed by atoms with Gasteiger partial charge >= 0.3 is 6.09 Å². The van der Waals surface area contributed by atoms with E-state index >= 15 is 4.39 Å². The molecule has 6 rings (SSSR count). The van der Waals surface area contributed by atoms with Gasteiger partial charge in [-0.15, -0.1) is 0 Å². The Morgan fingerprint density at radius 3 is 2.95 bits per heavy atom. The van der Waals surface area contributed by atoms with E-state index in [1.807, 2.05) is 47.5 Å². The Labute approximate surface area is 218 Å². The average molecular weight is 523 g/mol. The van der Waals surface area contributed by atoms with Gasteiger partial charge in [0.2, 0.25) is 5.95 Å². The van der Waals surface area contributed by atoms with Gasteiger partial charge < -0.3 is 15.4 Å². The molecule has 3 N–H and O–H groups in total. The van der Waals surface area contributed by atoms with Gasteiger partial charge in [-0.1, -0.05) is 0 Å². The fourth-order valence-corrected chi connectivity index (χ4v) is 5.19. The number of nitrogens with zero attached hydrogens (tertiary/aromatic N) is 7. The van der Waals surface area contributed by atoms with Crippen molar-refractivity contribution >= 4 is 23.5 Å². The van der Waals surface area contributed by atoms with Gasteiger partial charge in [0.1, 0.15) is 17.9 Å². The van der Waals surface area contributed by atoms with E-state index in [2.05, 4.69) is 35.8 Å². The van der Waals surface area contributed by atoms with E-state index < -0.39 is 24.3 Å². The van der Waals surface area contributed by atoms with Gasteiger partial charge in [0.25, 0.3) is 0 Å². The van der Waals surface area contributed by atoms with Crippen LogP contribution in [-0.2, 0) is 11.3 Å². The second-order valence-corrected chi connectivity index (χ2v) is 10.3. The van der Waals surface area contributed by atoms with E-state index in [0.29, 0.717) is 36.3 Å². The molecular weight excluding hydrogens is 491 g/mol. The molecule has 1 saturated carbocycles. The summed E-state index contributed by atoms with van der Waals surface area (Å²) in [5, 5.41) is 17.4. The van der Waals surface area contributed by atoms with Gasteiger partial charge in [-0.25, -0.2) is 19.2 Å². The van der Waals surface area contributed by atoms with Crippen LogP contribution in [0.5, 0.6) is 0 Å². The van der Waals surface area contributed by atoms with Crippen LogP contribution in [0.25, 0.3) is 5.65 Å². The monoisotopic (exact) mass is 522 g/mol. The predicted octanol–water partition coefficient (Wildman–Crippen LogP) is 3.17. The topological polar surface area (TPSA) is 130 Å². The number of hydrogen-bond donors (Lipinski definition) is 3. The van der Waals surface area contributed by atoms with E-state index in [1.54, 1.807) is 18.5 Å². The van der Waals surface area contributed by atoms with E-state index in [1.165, 1.54) is 0 Å². The van der Waals surface area contributed by atoms with Crippen LogP contribution in [0.4, 0.5) is 21.0 Å². The van der Waals surface area contributed by atoms with E-state index in [-0.39, 0.29) is 6.04 Å². The number of amides is 1. The summed E-state index contributed by atoms with van der Waals surface area (Å²) < 4.78 is 24.3. The maximum absolute atomic E-state index is 15.1. The van der Waals surface area contributed by atoms with E-state index in [4.69, 9.17) is 9.72 Å². The van der Waals surface area contributed by atoms with Crippen LogP contribution >= 0.6 is 0 Å². The van der Waals surface area contributed by atoms with Crippen molar-refractivity contribution in [3.63, 3.8) is 0 Å². The highest BCUT2D eigenvalue weighted by Crippen LogP contribution is 2.38. The standard InChI is InChI=1S/C25H31FN10O2/c1-15(2)29-25(37)38-20-5-4-18(23(20)26)19-10-21(33-32-19)31-24-27-8-6-22-30-16(12-35(22)24)11-34-13-17(14-34)36-9-3-7-28-36/h3,6-10,12,15,17-18,20,23H,4-5,11,13-14H2,1-2H3,(H,29,37)(H2,27,31,32,33)/t18-,20-,23-/m1/s1. The number of carbonyl (C=O) groups excluding carboxylic acids is 1. The number of H-pyrrole nitrogens is 1. The molecule has 2 aliphatic rings. The average Bonchev–Trinajstić information content (AvgIpc) is 3.64. The van der Waals surface area contributed by atoms with Crippen molar-refractivity contribution in [2.45, 2.75) is 63.5 Å². The number of alkyl carbamates (subject to hydrolysis) is 1. The summed E-state index contributed by atoms with van der Waals surface area (Å²) >= 11 is 0. The third kappa shape index (κ3) is 4.93. The number of rotatable bonds is 8. The normalized spacial score (nSPS) is 22.2. The van der Waals surface area contributed by atoms with Crippen LogP contribution in [0, 0.1) is 0 Å². The summed E-state index contributed by atoms with van der Waals surface area (Å²) in [7, 11) is 0. The summed E-state index contributed by atoms with van der Waals surface area (Å²) in [6.45, 7) is 6.26. The Bertz CT molecular complexity index is 1390. The Morgan fingerprint density at radius 2 is 2.16 bits per heavy atom. The van der Waals surface area contributed by atoms with Gasteiger partial charge in [0.05, 0.1) is 11.7 Å². The molecule has 12 nitrogen and oxygen atoms in total. The number of imidazole rings is 1. The molecule has 0 spiro atoms. The molecule has 2 fully saturated rings. The molecule has 4 aromatic heterocycles. The van der Waals surface area contributed by atoms with Crippen LogP contribution in [-0.4, -0.2) is 76.7 Å². The van der Waals surface area contributed by atoms with Crippen LogP contribution in [0.15, 0.2) is 43.0 Å². The first-order chi connectivity index (χ1) is 18.4. The number of fused-ring (bicyclic) bond motifs is 1. The molecule has 1 saturated heterocycles. The molecule has 200 valence electrons. The van der Waals surface area contributed by atoms with Crippen LogP contribution in [0.1, 0.15) is 50.0 Å². The lowest BCUT2D eigenvalue weighted by Gasteiger charge is -2.38. The summed E-state index contributed by atoms with van der Waals surface area (Å²) in [5.41, 5.74) is 2.37. The summed E-state index contributed by atoms with van der Waals surface area (Å²) in [4.78, 5) is 23.4. The van der Waals surface area contributed by atoms with E-state index in [0.717, 1.165) is 31.0 Å². The maximum Gasteiger partial charge on any atom is 0.407 e. The molecule has 5 heterocycles. The lowest BCUT2D eigenvalue weighted by Crippen LogP contribution is -2.47. The van der Waals surface area contributed by atoms with Gasteiger partial charge in [-0.05, 0) is 38.8 Å². The largest absolute Gasteiger partial charge is 0.443 e. The van der Waals surface area contributed by atoms with Crippen LogP contribution in [0.3, 0.4) is 0 Å². The van der Waals surface area contributed by atoms with Crippen molar-refractivity contribution in [2.24, 2.45) is 0 Å². The Morgan fingerprint density at radius 1 is 1.29 bits per heavy atom. The van der Waals surface area contributed by atoms with Gasteiger partial charge in [-0.2, -0.15) is 10.2 Å². The summed E-state index contributed by atoms with van der Waals surface area (Å²) in [6, 6.07) is 5.91. The SMILES string of the molecule is CC(C)NC(=O)O[C@@H]1CC[C@H](c2cc(Nc3nccc4nc(CN5CC(n6cccn6)C5)cn34)n[nH]2)[C@H]1F. The highest BCUT2D eigenvalue weighted by molar-refractivity contribution is 5.67. The minimum Gasteiger partial charge on any atom is -0.443 e. The van der Waals surface area contributed by atoms with Gasteiger partial charge in [0.15, 0.2) is 5.82 Å². The minimum atomic E-state index is -1.31. The number of ether oxygens (including phenoxy) is 1. The van der Waals surface area contributed by atoms with Crippen LogP contribution in [0.2, 0.25) is 0 Å². The first-order valence-corrected chi connectivity index (χ1v) is 12.9. The van der Waals surface area contributed by atoms with E-state index in [9.17, 15) is 4.79 Å². The Hall–Kier alpha value is -4.00. The molecule has 13 heteroatoms. The molecule has 0 radical (unpaired) electrons. The van der Waals surface area contributed by atoms with Crippen molar-refractivity contribution in [3.8, 4) is 0 Å². The summed E-state index contributed by atoms with van der Waals surface area (Å²) in [6.07, 6.45) is 5.79. The molecule has 0 aromatic carbocycles. The zero-order chi connectivity index (χ0) is 26.2. The van der Waals surface area contributed by atoms with Crippen molar-refractivity contribution in [3.05, 3.63) is 54.4 Å². The first-order valence-electron chi connectivity index (χ1n) is 12.9. The quantitative estimate of drug-likeness (QED) is 0.322. The number of likely N-dealkylation sites (tertiary alicyclic amines) is 1.